The average Bonchev–Trinajstić information content (AvgIpc) is 3.26. The van der Waals surface area contributed by atoms with Gasteiger partial charge in [0.1, 0.15) is 29.2 Å². The molecule has 1 atom stereocenters. The van der Waals surface area contributed by atoms with Crippen molar-refractivity contribution in [2.45, 2.75) is 13.0 Å². The highest BCUT2D eigenvalue weighted by Gasteiger charge is 2.45. The van der Waals surface area contributed by atoms with Crippen LogP contribution in [0, 0.1) is 0 Å². The van der Waals surface area contributed by atoms with Gasteiger partial charge in [-0.2, -0.15) is 9.35 Å². The van der Waals surface area contributed by atoms with E-state index in [1.54, 1.807) is 6.08 Å². The molecule has 10 nitrogen and oxygen atoms in total. The van der Waals surface area contributed by atoms with E-state index in [9.17, 15) is 22.6 Å². The number of aromatic nitrogens is 2. The van der Waals surface area contributed by atoms with E-state index in [1.807, 2.05) is 0 Å². The molecule has 6 rings (SSSR count). The van der Waals surface area contributed by atoms with Gasteiger partial charge in [0.05, 0.1) is 24.4 Å². The van der Waals surface area contributed by atoms with Gasteiger partial charge < -0.3 is 14.0 Å². The summed E-state index contributed by atoms with van der Waals surface area (Å²) in [4.78, 5) is 29.1. The maximum atomic E-state index is 12.0. The van der Waals surface area contributed by atoms with Gasteiger partial charge in [0, 0.05) is 25.2 Å². The van der Waals surface area contributed by atoms with Crippen molar-refractivity contribution in [1.82, 2.24) is 19.5 Å². The van der Waals surface area contributed by atoms with Crippen molar-refractivity contribution in [3.8, 4) is 0 Å². The molecule has 2 bridgehead atoms. The molecule has 12 heteroatoms. The lowest BCUT2D eigenvalue weighted by molar-refractivity contribution is -0.0172. The van der Waals surface area contributed by atoms with E-state index in [4.69, 9.17) is 0 Å². The summed E-state index contributed by atoms with van der Waals surface area (Å²) >= 11 is 0. The molecule has 0 radical (unpaired) electrons. The number of urea groups is 1. The molecule has 1 aromatic heterocycles. The van der Waals surface area contributed by atoms with Crippen LogP contribution in [-0.4, -0.2) is 57.6 Å². The second-order valence-corrected chi connectivity index (χ2v) is 14.4. The number of benzene rings is 3. The Morgan fingerprint density at radius 3 is 1.89 bits per heavy atom. The molecule has 1 unspecified atom stereocenters. The molecular weight excluding hydrogens is 599 g/mol. The van der Waals surface area contributed by atoms with Crippen LogP contribution in [0.1, 0.15) is 12.6 Å². The Labute approximate surface area is 256 Å². The molecule has 3 heterocycles. The van der Waals surface area contributed by atoms with Crippen LogP contribution in [-0.2, 0) is 21.7 Å². The predicted octanol–water partition coefficient (Wildman–Crippen LogP) is 3.19. The lowest BCUT2D eigenvalue weighted by Crippen LogP contribution is -2.36. The van der Waals surface area contributed by atoms with Gasteiger partial charge in [0.25, 0.3) is 5.56 Å². The zero-order chi connectivity index (χ0) is 31.3. The lowest BCUT2D eigenvalue weighted by Gasteiger charge is -2.24. The van der Waals surface area contributed by atoms with Gasteiger partial charge in [-0.25, -0.2) is 18.2 Å². The Balaban J connectivity index is 0.000000175. The van der Waals surface area contributed by atoms with Gasteiger partial charge in [-0.1, -0.05) is 66.7 Å². The Hall–Kier alpha value is -4.41. The number of rotatable bonds is 7. The molecule has 0 N–H and O–H groups in total. The van der Waals surface area contributed by atoms with Crippen molar-refractivity contribution in [2.24, 2.45) is 7.05 Å². The maximum Gasteiger partial charge on any atom is 0.346 e. The van der Waals surface area contributed by atoms with Gasteiger partial charge >= 0.3 is 6.03 Å². The maximum absolute atomic E-state index is 12.0. The van der Waals surface area contributed by atoms with E-state index in [1.165, 1.54) is 44.8 Å². The van der Waals surface area contributed by atoms with Crippen molar-refractivity contribution in [2.75, 3.05) is 13.1 Å². The van der Waals surface area contributed by atoms with E-state index >= 15 is 0 Å². The fourth-order valence-electron chi connectivity index (χ4n) is 5.35. The Kier molecular flexibility index (Phi) is 9.22. The highest BCUT2D eigenvalue weighted by molar-refractivity contribution is 7.98. The van der Waals surface area contributed by atoms with E-state index in [2.05, 4.69) is 119 Å². The molecule has 1 fully saturated rings. The molecule has 3 aromatic carbocycles. The average molecular weight is 631 g/mol. The van der Waals surface area contributed by atoms with Crippen molar-refractivity contribution in [3.63, 3.8) is 0 Å². The summed E-state index contributed by atoms with van der Waals surface area (Å²) in [6.07, 6.45) is 5.16. The van der Waals surface area contributed by atoms with Crippen molar-refractivity contribution >= 4 is 45.2 Å². The molecule has 44 heavy (non-hydrogen) atoms. The molecule has 2 aliphatic heterocycles. The minimum atomic E-state index is -5.08. The van der Waals surface area contributed by atoms with Crippen LogP contribution in [0.2, 0.25) is 0 Å². The van der Waals surface area contributed by atoms with Crippen LogP contribution in [0.4, 0.5) is 4.79 Å². The minimum absolute atomic E-state index is 0.150. The summed E-state index contributed by atoms with van der Waals surface area (Å²) in [5.41, 5.74) is 0.462. The number of carbonyl (C=O) groups excluding carboxylic acids is 1. The standard InChI is InChI=1S/C21H20P.C11H12N4O6S/c1-2-18-22(19-12-6-3-7-13-19,20-14-8-4-9-15-20)21-16-10-5-11-17-21;1-13-6-12-8(4-10(13)16)7-2-3-14-5-9(7)15(11(14)17)21-22(18,19)20/h2-18H,1H3;2,4,6,9H,3,5H2,1H3,(H,18,19,20)/q+1;/p-1. The molecule has 2 amide bonds. The van der Waals surface area contributed by atoms with Crippen LogP contribution >= 0.6 is 7.26 Å². The minimum Gasteiger partial charge on any atom is -0.724 e. The third kappa shape index (κ3) is 6.41. The first-order chi connectivity index (χ1) is 21.1. The van der Waals surface area contributed by atoms with E-state index < -0.39 is 29.7 Å². The quantitative estimate of drug-likeness (QED) is 0.175. The number of hydrogen-bond donors (Lipinski definition) is 0. The van der Waals surface area contributed by atoms with Crippen LogP contribution in [0.15, 0.2) is 126 Å². The molecule has 0 saturated carbocycles. The van der Waals surface area contributed by atoms with Gasteiger partial charge in [0.15, 0.2) is 0 Å². The molecule has 0 aliphatic carbocycles. The lowest BCUT2D eigenvalue weighted by atomic mass is 10.0. The van der Waals surface area contributed by atoms with E-state index in [0.29, 0.717) is 16.3 Å². The summed E-state index contributed by atoms with van der Waals surface area (Å²) in [6.45, 7) is 2.47. The Morgan fingerprint density at radius 2 is 1.43 bits per heavy atom. The molecule has 226 valence electrons. The number of aryl methyl sites for hydroxylation is 1. The second-order valence-electron chi connectivity index (χ2n) is 10.1. The Morgan fingerprint density at radius 1 is 0.909 bits per heavy atom. The monoisotopic (exact) mass is 630 g/mol. The first-order valence-corrected chi connectivity index (χ1v) is 17.0. The molecule has 4 aromatic rings. The van der Waals surface area contributed by atoms with E-state index in [0.717, 1.165) is 0 Å². The number of hydroxylamine groups is 2. The summed E-state index contributed by atoms with van der Waals surface area (Å²) < 4.78 is 37.9. The highest BCUT2D eigenvalue weighted by Crippen LogP contribution is 2.56. The topological polar surface area (TPSA) is 125 Å². The van der Waals surface area contributed by atoms with Crippen molar-refractivity contribution < 1.29 is 22.0 Å². The smallest absolute Gasteiger partial charge is 0.346 e. The second kappa shape index (κ2) is 13.1. The van der Waals surface area contributed by atoms with Crippen LogP contribution < -0.4 is 21.5 Å². The van der Waals surface area contributed by atoms with Crippen LogP contribution in [0.25, 0.3) is 5.57 Å². The Bertz CT molecular complexity index is 1750. The highest BCUT2D eigenvalue weighted by atomic mass is 32.3. The number of fused-ring (bicyclic) bond motifs is 2. The summed E-state index contributed by atoms with van der Waals surface area (Å²) in [6, 6.07) is 32.4. The number of carbonyl (C=O) groups is 1. The first kappa shape index (κ1) is 31.0. The third-order valence-corrected chi connectivity index (χ3v) is 11.8. The fourth-order valence-corrected chi connectivity index (χ4v) is 9.50. The van der Waals surface area contributed by atoms with Crippen molar-refractivity contribution in [1.29, 1.82) is 0 Å². The normalized spacial score (nSPS) is 16.5. The zero-order valence-electron chi connectivity index (χ0n) is 24.1. The summed E-state index contributed by atoms with van der Waals surface area (Å²) in [5, 5.41) is 4.70. The summed E-state index contributed by atoms with van der Waals surface area (Å²) in [5.74, 6) is 2.41. The fraction of sp³-hybridized carbons (Fsp3) is 0.156. The van der Waals surface area contributed by atoms with Crippen LogP contribution in [0.3, 0.4) is 0 Å². The number of hydrogen-bond acceptors (Lipinski definition) is 7. The number of amides is 2. The summed E-state index contributed by atoms with van der Waals surface area (Å²) in [7, 11) is -5.28. The molecule has 0 spiro atoms. The predicted molar refractivity (Wildman–Crippen MR) is 171 cm³/mol. The molecular formula is C32H31N4O6PS. The van der Waals surface area contributed by atoms with E-state index in [-0.39, 0.29) is 18.6 Å². The zero-order valence-corrected chi connectivity index (χ0v) is 25.8. The SMILES string of the molecule is CC=C[P+](c1ccccc1)(c1ccccc1)c1ccccc1.Cn1cnc(C2=CCN3CC2N(OS(=O)(=O)[O-])C3=O)cc1=O. The van der Waals surface area contributed by atoms with Gasteiger partial charge in [0.2, 0.25) is 10.4 Å². The van der Waals surface area contributed by atoms with Gasteiger partial charge in [-0.3, -0.25) is 4.79 Å². The number of nitrogens with zero attached hydrogens (tertiary/aromatic N) is 4. The van der Waals surface area contributed by atoms with Gasteiger partial charge in [-0.05, 0) is 43.3 Å². The largest absolute Gasteiger partial charge is 0.724 e. The molecule has 2 aliphatic rings. The number of allylic oxidation sites excluding steroid dienone is 1. The van der Waals surface area contributed by atoms with Gasteiger partial charge in [-0.15, -0.1) is 0 Å². The van der Waals surface area contributed by atoms with Crippen molar-refractivity contribution in [3.05, 3.63) is 137 Å². The molecule has 1 saturated heterocycles. The van der Waals surface area contributed by atoms with Crippen LogP contribution in [0.5, 0.6) is 0 Å². The first-order valence-electron chi connectivity index (χ1n) is 13.8. The third-order valence-electron chi connectivity index (χ3n) is 7.33.